The molecule has 1 N–H and O–H groups in total. The number of halogens is 1. The van der Waals surface area contributed by atoms with Crippen LogP contribution in [0.4, 0.5) is 14.9 Å². The lowest BCUT2D eigenvalue weighted by Gasteiger charge is -2.59. The molecule has 0 unspecified atom stereocenters. The van der Waals surface area contributed by atoms with Crippen LogP contribution in [-0.4, -0.2) is 60.6 Å². The lowest BCUT2D eigenvalue weighted by Crippen LogP contribution is -2.73. The summed E-state index contributed by atoms with van der Waals surface area (Å²) in [4.78, 5) is 29.3. The van der Waals surface area contributed by atoms with Crippen molar-refractivity contribution in [2.45, 2.75) is 24.9 Å². The van der Waals surface area contributed by atoms with E-state index in [2.05, 4.69) is 48.6 Å². The molecule has 0 saturated carbocycles. The van der Waals surface area contributed by atoms with Crippen LogP contribution in [0.15, 0.2) is 72.8 Å². The molecule has 0 spiro atoms. The third-order valence-electron chi connectivity index (χ3n) is 7.04. The monoisotopic (exact) mass is 473 g/mol. The molecule has 2 heterocycles. The number of methoxy groups -OCH3 is 1. The van der Waals surface area contributed by atoms with Crippen LogP contribution in [0.5, 0.6) is 0 Å². The van der Waals surface area contributed by atoms with Crippen molar-refractivity contribution in [1.82, 2.24) is 9.80 Å². The predicted molar refractivity (Wildman–Crippen MR) is 133 cm³/mol. The summed E-state index contributed by atoms with van der Waals surface area (Å²) in [5, 5.41) is 2.77. The van der Waals surface area contributed by atoms with Gasteiger partial charge in [-0.15, -0.1) is 0 Å². The zero-order valence-corrected chi connectivity index (χ0v) is 19.8. The number of hydrogen-bond donors (Lipinski definition) is 1. The Morgan fingerprint density at radius 3 is 2.46 bits per heavy atom. The number of rotatable bonds is 5. The normalized spacial score (nSPS) is 21.3. The van der Waals surface area contributed by atoms with Crippen LogP contribution in [0.25, 0.3) is 11.1 Å². The van der Waals surface area contributed by atoms with E-state index < -0.39 is 0 Å². The van der Waals surface area contributed by atoms with Crippen LogP contribution >= 0.6 is 0 Å². The van der Waals surface area contributed by atoms with Crippen LogP contribution in [0.1, 0.15) is 17.0 Å². The van der Waals surface area contributed by atoms with Crippen LogP contribution in [0.3, 0.4) is 0 Å². The number of fused-ring (bicyclic) bond motifs is 1. The molecule has 3 aromatic rings. The summed E-state index contributed by atoms with van der Waals surface area (Å²) in [6.45, 7) is 2.96. The summed E-state index contributed by atoms with van der Waals surface area (Å²) in [6, 6.07) is 21.8. The molecule has 3 amide bonds. The first-order chi connectivity index (χ1) is 17.0. The minimum Gasteiger partial charge on any atom is -0.383 e. The standard InChI is InChI=1S/C28H28FN3O3/c1-18-5-3-4-6-23(18)19-7-9-20(10-8-19)27-24-15-31(16-26(33)32(24)25(27)17-35-2)28(34)30-22-13-11-21(29)12-14-22/h3-14,24-25,27H,15-17H2,1-2H3,(H,30,34)/t24-,25-,27-/m1/s1. The molecular formula is C28H28FN3O3. The molecule has 6 nitrogen and oxygen atoms in total. The van der Waals surface area contributed by atoms with Crippen LogP contribution < -0.4 is 5.32 Å². The van der Waals surface area contributed by atoms with E-state index in [4.69, 9.17) is 4.74 Å². The maximum Gasteiger partial charge on any atom is 0.322 e. The molecule has 7 heteroatoms. The molecule has 0 radical (unpaired) electrons. The second-order valence-electron chi connectivity index (χ2n) is 9.17. The Balaban J connectivity index is 1.36. The number of aryl methyl sites for hydroxylation is 1. The number of anilines is 1. The molecule has 180 valence electrons. The fourth-order valence-corrected chi connectivity index (χ4v) is 5.32. The molecule has 2 aliphatic heterocycles. The summed E-state index contributed by atoms with van der Waals surface area (Å²) < 4.78 is 18.6. The van der Waals surface area contributed by atoms with Crippen LogP contribution in [-0.2, 0) is 9.53 Å². The predicted octanol–water partition coefficient (Wildman–Crippen LogP) is 4.66. The first-order valence-electron chi connectivity index (χ1n) is 11.7. The van der Waals surface area contributed by atoms with Gasteiger partial charge in [-0.2, -0.15) is 0 Å². The number of carbonyl (C=O) groups is 2. The van der Waals surface area contributed by atoms with Crippen molar-refractivity contribution in [2.24, 2.45) is 0 Å². The molecule has 2 aliphatic rings. The molecule has 0 aromatic heterocycles. The molecule has 3 aromatic carbocycles. The minimum atomic E-state index is -0.373. The first-order valence-corrected chi connectivity index (χ1v) is 11.7. The minimum absolute atomic E-state index is 0.00266. The van der Waals surface area contributed by atoms with Crippen molar-refractivity contribution in [3.05, 3.63) is 89.7 Å². The molecule has 2 fully saturated rings. The van der Waals surface area contributed by atoms with Gasteiger partial charge in [-0.05, 0) is 53.4 Å². The van der Waals surface area contributed by atoms with E-state index in [-0.39, 0.29) is 42.3 Å². The van der Waals surface area contributed by atoms with E-state index >= 15 is 0 Å². The molecule has 5 rings (SSSR count). The van der Waals surface area contributed by atoms with Crippen molar-refractivity contribution < 1.29 is 18.7 Å². The number of amides is 3. The maximum atomic E-state index is 13.2. The van der Waals surface area contributed by atoms with Gasteiger partial charge in [0.15, 0.2) is 0 Å². The van der Waals surface area contributed by atoms with E-state index in [1.165, 1.54) is 40.3 Å². The van der Waals surface area contributed by atoms with Crippen molar-refractivity contribution in [1.29, 1.82) is 0 Å². The fourth-order valence-electron chi connectivity index (χ4n) is 5.32. The maximum absolute atomic E-state index is 13.2. The largest absolute Gasteiger partial charge is 0.383 e. The fraction of sp³-hybridized carbons (Fsp3) is 0.286. The smallest absolute Gasteiger partial charge is 0.322 e. The molecule has 3 atom stereocenters. The number of benzene rings is 3. The Morgan fingerprint density at radius 1 is 1.06 bits per heavy atom. The number of urea groups is 1. The van der Waals surface area contributed by atoms with Crippen LogP contribution in [0.2, 0.25) is 0 Å². The number of piperazine rings is 1. The summed E-state index contributed by atoms with van der Waals surface area (Å²) in [5.74, 6) is -0.404. The topological polar surface area (TPSA) is 61.9 Å². The number of ether oxygens (including phenoxy) is 1. The number of hydrogen-bond acceptors (Lipinski definition) is 3. The third-order valence-corrected chi connectivity index (χ3v) is 7.04. The summed E-state index contributed by atoms with van der Waals surface area (Å²) in [7, 11) is 1.64. The highest BCUT2D eigenvalue weighted by Gasteiger charge is 2.54. The second kappa shape index (κ2) is 9.50. The molecule has 2 saturated heterocycles. The Bertz CT molecular complexity index is 1230. The van der Waals surface area contributed by atoms with E-state index in [0.717, 1.165) is 11.1 Å². The molecule has 35 heavy (non-hydrogen) atoms. The van der Waals surface area contributed by atoms with Gasteiger partial charge in [0.2, 0.25) is 5.91 Å². The van der Waals surface area contributed by atoms with Crippen molar-refractivity contribution >= 4 is 17.6 Å². The van der Waals surface area contributed by atoms with Gasteiger partial charge in [-0.3, -0.25) is 4.79 Å². The number of nitrogens with one attached hydrogen (secondary N) is 1. The van der Waals surface area contributed by atoms with E-state index in [9.17, 15) is 14.0 Å². The number of nitrogens with zero attached hydrogens (tertiary/aromatic N) is 2. The van der Waals surface area contributed by atoms with Gasteiger partial charge in [-0.25, -0.2) is 9.18 Å². The highest BCUT2D eigenvalue weighted by molar-refractivity contribution is 5.93. The van der Waals surface area contributed by atoms with Crippen molar-refractivity contribution in [2.75, 3.05) is 32.1 Å². The third kappa shape index (κ3) is 4.39. The van der Waals surface area contributed by atoms with Gasteiger partial charge in [0.1, 0.15) is 12.4 Å². The SMILES string of the molecule is COC[C@@H]1[C@H](c2ccc(-c3ccccc3C)cc2)[C@H]2CN(C(=O)Nc3ccc(F)cc3)CC(=O)N12. The average Bonchev–Trinajstić information content (AvgIpc) is 2.85. The van der Waals surface area contributed by atoms with Gasteiger partial charge < -0.3 is 19.9 Å². The Hall–Kier alpha value is -3.71. The quantitative estimate of drug-likeness (QED) is 0.587. The first kappa shape index (κ1) is 23.1. The Kier molecular flexibility index (Phi) is 6.26. The highest BCUT2D eigenvalue weighted by Crippen LogP contribution is 2.43. The summed E-state index contributed by atoms with van der Waals surface area (Å²) >= 11 is 0. The second-order valence-corrected chi connectivity index (χ2v) is 9.17. The van der Waals surface area contributed by atoms with Gasteiger partial charge in [0.25, 0.3) is 0 Å². The zero-order valence-electron chi connectivity index (χ0n) is 19.8. The summed E-state index contributed by atoms with van der Waals surface area (Å²) in [6.07, 6.45) is 0. The summed E-state index contributed by atoms with van der Waals surface area (Å²) in [5.41, 5.74) is 5.17. The van der Waals surface area contributed by atoms with Gasteiger partial charge in [0.05, 0.1) is 18.7 Å². The highest BCUT2D eigenvalue weighted by atomic mass is 19.1. The number of carbonyl (C=O) groups excluding carboxylic acids is 2. The van der Waals surface area contributed by atoms with Gasteiger partial charge >= 0.3 is 6.03 Å². The van der Waals surface area contributed by atoms with Crippen molar-refractivity contribution in [3.8, 4) is 11.1 Å². The molecule has 0 aliphatic carbocycles. The van der Waals surface area contributed by atoms with E-state index in [1.807, 2.05) is 17.0 Å². The Morgan fingerprint density at radius 2 is 1.77 bits per heavy atom. The zero-order chi connectivity index (χ0) is 24.5. The van der Waals surface area contributed by atoms with E-state index in [0.29, 0.717) is 18.8 Å². The van der Waals surface area contributed by atoms with Gasteiger partial charge in [0, 0.05) is 25.3 Å². The Labute approximate surface area is 204 Å². The lowest BCUT2D eigenvalue weighted by atomic mass is 9.73. The lowest BCUT2D eigenvalue weighted by molar-refractivity contribution is -0.160. The average molecular weight is 474 g/mol. The van der Waals surface area contributed by atoms with E-state index in [1.54, 1.807) is 7.11 Å². The van der Waals surface area contributed by atoms with Crippen LogP contribution in [0, 0.1) is 12.7 Å². The molecule has 0 bridgehead atoms. The molecular weight excluding hydrogens is 445 g/mol. The van der Waals surface area contributed by atoms with Gasteiger partial charge in [-0.1, -0.05) is 48.5 Å². The van der Waals surface area contributed by atoms with Crippen molar-refractivity contribution in [3.63, 3.8) is 0 Å².